The first-order chi connectivity index (χ1) is 14.4. The molecule has 0 unspecified atom stereocenters. The molecule has 30 heavy (non-hydrogen) atoms. The summed E-state index contributed by atoms with van der Waals surface area (Å²) in [4.78, 5) is 23.1. The molecule has 3 rings (SSSR count). The van der Waals surface area contributed by atoms with Gasteiger partial charge in [-0.25, -0.2) is 14.8 Å². The van der Waals surface area contributed by atoms with Crippen molar-refractivity contribution >= 4 is 34.7 Å². The van der Waals surface area contributed by atoms with Gasteiger partial charge in [0.15, 0.2) is 0 Å². The van der Waals surface area contributed by atoms with E-state index in [4.69, 9.17) is 4.74 Å². The Morgan fingerprint density at radius 2 is 1.70 bits per heavy atom. The highest BCUT2D eigenvalue weighted by atomic mass is 16.5. The average molecular weight is 406 g/mol. The Labute approximate surface area is 176 Å². The minimum absolute atomic E-state index is 0.343. The second-order valence-corrected chi connectivity index (χ2v) is 6.76. The van der Waals surface area contributed by atoms with Gasteiger partial charge in [-0.3, -0.25) is 0 Å². The van der Waals surface area contributed by atoms with Gasteiger partial charge < -0.3 is 25.6 Å². The Hall–Kier alpha value is -3.81. The molecule has 2 amide bonds. The fourth-order valence-corrected chi connectivity index (χ4v) is 2.77. The minimum atomic E-state index is -0.343. The van der Waals surface area contributed by atoms with Gasteiger partial charge >= 0.3 is 6.03 Å². The number of rotatable bonds is 7. The predicted molar refractivity (Wildman–Crippen MR) is 121 cm³/mol. The number of hydrogen-bond acceptors (Lipinski definition) is 6. The van der Waals surface area contributed by atoms with Crippen molar-refractivity contribution in [1.82, 2.24) is 9.97 Å². The molecule has 1 aromatic heterocycles. The number of benzene rings is 2. The van der Waals surface area contributed by atoms with E-state index < -0.39 is 0 Å². The van der Waals surface area contributed by atoms with Gasteiger partial charge in [0.05, 0.1) is 12.3 Å². The van der Waals surface area contributed by atoms with E-state index in [0.717, 1.165) is 11.5 Å². The summed E-state index contributed by atoms with van der Waals surface area (Å²) in [5.41, 5.74) is 2.14. The van der Waals surface area contributed by atoms with E-state index in [1.54, 1.807) is 6.07 Å². The van der Waals surface area contributed by atoms with E-state index in [9.17, 15) is 4.79 Å². The Bertz CT molecular complexity index is 1000. The van der Waals surface area contributed by atoms with Crippen molar-refractivity contribution in [2.75, 3.05) is 41.6 Å². The molecule has 0 bridgehead atoms. The number of ether oxygens (including phenoxy) is 1. The molecule has 0 atom stereocenters. The number of para-hydroxylation sites is 2. The largest absolute Gasteiger partial charge is 0.492 e. The maximum absolute atomic E-state index is 12.3. The number of nitrogens with zero attached hydrogens (tertiary/aromatic N) is 3. The van der Waals surface area contributed by atoms with E-state index in [0.29, 0.717) is 35.4 Å². The Morgan fingerprint density at radius 3 is 2.40 bits per heavy atom. The number of anilines is 5. The molecule has 8 nitrogen and oxygen atoms in total. The van der Waals surface area contributed by atoms with Crippen LogP contribution >= 0.6 is 0 Å². The van der Waals surface area contributed by atoms with Gasteiger partial charge in [0, 0.05) is 31.5 Å². The summed E-state index contributed by atoms with van der Waals surface area (Å²) in [5, 5.41) is 8.89. The smallest absolute Gasteiger partial charge is 0.323 e. The lowest BCUT2D eigenvalue weighted by Gasteiger charge is -2.14. The number of carbonyl (C=O) groups excluding carboxylic acids is 1. The molecule has 0 saturated carbocycles. The molecule has 0 aliphatic carbocycles. The van der Waals surface area contributed by atoms with Gasteiger partial charge in [0.25, 0.3) is 0 Å². The highest BCUT2D eigenvalue weighted by Gasteiger charge is 2.08. The lowest BCUT2D eigenvalue weighted by Crippen LogP contribution is -2.19. The molecule has 0 fully saturated rings. The molecule has 3 aromatic rings. The van der Waals surface area contributed by atoms with Gasteiger partial charge in [-0.1, -0.05) is 12.1 Å². The van der Waals surface area contributed by atoms with Crippen LogP contribution in [0.15, 0.2) is 54.6 Å². The minimum Gasteiger partial charge on any atom is -0.492 e. The molecular formula is C22H26N6O2. The Balaban J connectivity index is 1.63. The summed E-state index contributed by atoms with van der Waals surface area (Å²) >= 11 is 0. The maximum atomic E-state index is 12.3. The summed E-state index contributed by atoms with van der Waals surface area (Å²) in [6.45, 7) is 4.28. The first kappa shape index (κ1) is 20.9. The average Bonchev–Trinajstić information content (AvgIpc) is 2.70. The third-order valence-electron chi connectivity index (χ3n) is 4.13. The predicted octanol–water partition coefficient (Wildman–Crippen LogP) is 4.64. The fourth-order valence-electron chi connectivity index (χ4n) is 2.77. The molecule has 1 heterocycles. The number of hydrogen-bond donors (Lipinski definition) is 3. The molecule has 2 aromatic carbocycles. The van der Waals surface area contributed by atoms with Crippen LogP contribution in [0.3, 0.4) is 0 Å². The number of aryl methyl sites for hydroxylation is 1. The third kappa shape index (κ3) is 5.60. The number of amides is 2. The SMILES string of the molecule is CCOc1ccccc1NC(=O)Nc1ccc(Nc2cc(N(C)C)nc(C)n2)cc1. The van der Waals surface area contributed by atoms with Crippen molar-refractivity contribution in [1.29, 1.82) is 0 Å². The highest BCUT2D eigenvalue weighted by Crippen LogP contribution is 2.24. The maximum Gasteiger partial charge on any atom is 0.323 e. The lowest BCUT2D eigenvalue weighted by molar-refractivity contribution is 0.262. The zero-order valence-electron chi connectivity index (χ0n) is 17.6. The van der Waals surface area contributed by atoms with E-state index in [1.165, 1.54) is 0 Å². The number of nitrogens with one attached hydrogen (secondary N) is 3. The number of aromatic nitrogens is 2. The van der Waals surface area contributed by atoms with Crippen LogP contribution in [0, 0.1) is 6.92 Å². The fraction of sp³-hybridized carbons (Fsp3) is 0.227. The van der Waals surface area contributed by atoms with Gasteiger partial charge in [-0.15, -0.1) is 0 Å². The Morgan fingerprint density at radius 1 is 1.00 bits per heavy atom. The van der Waals surface area contributed by atoms with E-state index in [-0.39, 0.29) is 6.03 Å². The molecule has 0 aliphatic rings. The summed E-state index contributed by atoms with van der Waals surface area (Å²) in [7, 11) is 3.87. The molecule has 8 heteroatoms. The van der Waals surface area contributed by atoms with Crippen molar-refractivity contribution in [2.24, 2.45) is 0 Å². The highest BCUT2D eigenvalue weighted by molar-refractivity contribution is 6.00. The lowest BCUT2D eigenvalue weighted by atomic mass is 10.2. The van der Waals surface area contributed by atoms with Crippen LogP contribution in [0.1, 0.15) is 12.7 Å². The van der Waals surface area contributed by atoms with Crippen molar-refractivity contribution in [3.63, 3.8) is 0 Å². The van der Waals surface area contributed by atoms with Gasteiger partial charge in [-0.05, 0) is 50.2 Å². The second kappa shape index (κ2) is 9.60. The van der Waals surface area contributed by atoms with Crippen molar-refractivity contribution in [3.8, 4) is 5.75 Å². The number of urea groups is 1. The van der Waals surface area contributed by atoms with E-state index >= 15 is 0 Å². The summed E-state index contributed by atoms with van der Waals surface area (Å²) in [6.07, 6.45) is 0. The van der Waals surface area contributed by atoms with Crippen molar-refractivity contribution in [2.45, 2.75) is 13.8 Å². The first-order valence-corrected chi connectivity index (χ1v) is 9.64. The molecule has 3 N–H and O–H groups in total. The van der Waals surface area contributed by atoms with Gasteiger partial charge in [0.1, 0.15) is 23.2 Å². The van der Waals surface area contributed by atoms with Crippen LogP contribution < -0.4 is 25.6 Å². The van der Waals surface area contributed by atoms with E-state index in [1.807, 2.05) is 81.4 Å². The zero-order valence-corrected chi connectivity index (χ0v) is 17.6. The van der Waals surface area contributed by atoms with Crippen LogP contribution in [0.2, 0.25) is 0 Å². The first-order valence-electron chi connectivity index (χ1n) is 9.64. The molecule has 0 radical (unpaired) electrons. The van der Waals surface area contributed by atoms with Crippen LogP contribution in [0.25, 0.3) is 0 Å². The molecule has 156 valence electrons. The summed E-state index contributed by atoms with van der Waals surface area (Å²) in [6, 6.07) is 16.2. The topological polar surface area (TPSA) is 91.4 Å². The Kier molecular flexibility index (Phi) is 6.69. The standard InChI is InChI=1S/C22H26N6O2/c1-5-30-19-9-7-6-8-18(19)27-22(29)26-17-12-10-16(11-13-17)25-20-14-21(28(3)4)24-15(2)23-20/h6-14H,5H2,1-4H3,(H,23,24,25)(H2,26,27,29). The van der Waals surface area contributed by atoms with Crippen LogP contribution in [-0.4, -0.2) is 36.7 Å². The molecule has 0 aliphatic heterocycles. The third-order valence-corrected chi connectivity index (χ3v) is 4.13. The van der Waals surface area contributed by atoms with Crippen molar-refractivity contribution < 1.29 is 9.53 Å². The van der Waals surface area contributed by atoms with Gasteiger partial charge in [0.2, 0.25) is 0 Å². The monoisotopic (exact) mass is 406 g/mol. The summed E-state index contributed by atoms with van der Waals surface area (Å²) < 4.78 is 5.53. The van der Waals surface area contributed by atoms with Crippen molar-refractivity contribution in [3.05, 3.63) is 60.4 Å². The quantitative estimate of drug-likeness (QED) is 0.530. The van der Waals surface area contributed by atoms with Crippen LogP contribution in [-0.2, 0) is 0 Å². The zero-order chi connectivity index (χ0) is 21.5. The normalized spacial score (nSPS) is 10.3. The second-order valence-electron chi connectivity index (χ2n) is 6.76. The van der Waals surface area contributed by atoms with Crippen LogP contribution in [0.4, 0.5) is 33.5 Å². The molecular weight excluding hydrogens is 380 g/mol. The van der Waals surface area contributed by atoms with E-state index in [2.05, 4.69) is 25.9 Å². The summed E-state index contributed by atoms with van der Waals surface area (Å²) in [5.74, 6) is 2.85. The molecule has 0 spiro atoms. The number of carbonyl (C=O) groups is 1. The van der Waals surface area contributed by atoms with Crippen LogP contribution in [0.5, 0.6) is 5.75 Å². The molecule has 0 saturated heterocycles. The van der Waals surface area contributed by atoms with Gasteiger partial charge in [-0.2, -0.15) is 0 Å².